The van der Waals surface area contributed by atoms with Crippen molar-refractivity contribution in [2.24, 2.45) is 0 Å². The van der Waals surface area contributed by atoms with Gasteiger partial charge in [-0.2, -0.15) is 0 Å². The first-order valence-corrected chi connectivity index (χ1v) is 6.20. The molecule has 0 spiro atoms. The van der Waals surface area contributed by atoms with E-state index < -0.39 is 17.1 Å². The Kier molecular flexibility index (Phi) is 3.60. The van der Waals surface area contributed by atoms with E-state index in [1.807, 2.05) is 0 Å². The van der Waals surface area contributed by atoms with Crippen LogP contribution in [-0.4, -0.2) is 36.5 Å². The van der Waals surface area contributed by atoms with Crippen molar-refractivity contribution < 1.29 is 15.1 Å². The van der Waals surface area contributed by atoms with Gasteiger partial charge in [-0.25, -0.2) is 4.98 Å². The summed E-state index contributed by atoms with van der Waals surface area (Å²) in [5.74, 6) is 0. The molecule has 7 nitrogen and oxygen atoms in total. The van der Waals surface area contributed by atoms with Crippen LogP contribution in [0.3, 0.4) is 0 Å². The number of halogens is 1. The molecular formula is C10H10BrN3O4. The predicted octanol–water partition coefficient (Wildman–Crippen LogP) is 1.26. The third-order valence-electron chi connectivity index (χ3n) is 2.59. The molecule has 0 bridgehead atoms. The van der Waals surface area contributed by atoms with Crippen molar-refractivity contribution >= 4 is 32.7 Å². The lowest BCUT2D eigenvalue weighted by molar-refractivity contribution is -0.383. The Balaban J connectivity index is 2.48. The van der Waals surface area contributed by atoms with Crippen LogP contribution in [0.1, 0.15) is 11.7 Å². The summed E-state index contributed by atoms with van der Waals surface area (Å²) in [7, 11) is 0. The zero-order valence-corrected chi connectivity index (χ0v) is 10.7. The van der Waals surface area contributed by atoms with Crippen LogP contribution in [0, 0.1) is 10.1 Å². The van der Waals surface area contributed by atoms with Crippen molar-refractivity contribution in [3.63, 3.8) is 0 Å². The maximum atomic E-state index is 10.8. The van der Waals surface area contributed by atoms with Crippen molar-refractivity contribution in [1.29, 1.82) is 0 Å². The third-order valence-corrected chi connectivity index (χ3v) is 3.25. The summed E-state index contributed by atoms with van der Waals surface area (Å²) in [6, 6.07) is 1.45. The average Bonchev–Trinajstić information content (AvgIpc) is 2.79. The second-order valence-electron chi connectivity index (χ2n) is 3.76. The summed E-state index contributed by atoms with van der Waals surface area (Å²) >= 11 is 3.05. The van der Waals surface area contributed by atoms with E-state index in [9.17, 15) is 20.3 Å². The van der Waals surface area contributed by atoms with Gasteiger partial charge in [0.25, 0.3) is 5.69 Å². The highest BCUT2D eigenvalue weighted by atomic mass is 79.9. The Morgan fingerprint density at radius 2 is 2.28 bits per heavy atom. The van der Waals surface area contributed by atoms with Gasteiger partial charge in [0, 0.05) is 17.1 Å². The molecule has 2 unspecified atom stereocenters. The van der Waals surface area contributed by atoms with Crippen molar-refractivity contribution in [2.75, 3.05) is 5.33 Å². The van der Waals surface area contributed by atoms with Crippen molar-refractivity contribution in [2.45, 2.75) is 12.2 Å². The molecule has 96 valence electrons. The Labute approximate surface area is 110 Å². The lowest BCUT2D eigenvalue weighted by Crippen LogP contribution is -2.19. The number of nitrogens with one attached hydrogen (secondary N) is 1. The first-order chi connectivity index (χ1) is 8.54. The fourth-order valence-corrected chi connectivity index (χ4v) is 1.98. The Morgan fingerprint density at radius 3 is 2.89 bits per heavy atom. The Hall–Kier alpha value is -1.51. The monoisotopic (exact) mass is 315 g/mol. The van der Waals surface area contributed by atoms with Gasteiger partial charge >= 0.3 is 0 Å². The highest BCUT2D eigenvalue weighted by Crippen LogP contribution is 2.27. The van der Waals surface area contributed by atoms with Crippen LogP contribution in [-0.2, 0) is 0 Å². The molecule has 8 heteroatoms. The second-order valence-corrected chi connectivity index (χ2v) is 4.41. The third kappa shape index (κ3) is 2.22. The highest BCUT2D eigenvalue weighted by molar-refractivity contribution is 9.09. The van der Waals surface area contributed by atoms with Crippen molar-refractivity contribution in [3.05, 3.63) is 34.1 Å². The Bertz CT molecular complexity index is 586. The molecule has 18 heavy (non-hydrogen) atoms. The number of nitro groups is 1. The van der Waals surface area contributed by atoms with Crippen LogP contribution in [0.25, 0.3) is 11.0 Å². The van der Waals surface area contributed by atoms with E-state index in [0.717, 1.165) is 0 Å². The summed E-state index contributed by atoms with van der Waals surface area (Å²) in [4.78, 5) is 16.9. The number of H-pyrrole nitrogens is 1. The molecule has 0 radical (unpaired) electrons. The molecule has 2 rings (SSSR count). The lowest BCUT2D eigenvalue weighted by Gasteiger charge is -2.15. The standard InChI is InChI=1S/C10H10BrN3O4/c11-2-8(15)9(16)5-1-6-7(14(17)18)4-13-10(6)12-3-5/h1,3-4,8-9,15-16H,2H2,(H,12,13). The number of aromatic amines is 1. The number of aliphatic hydroxyl groups excluding tert-OH is 2. The van der Waals surface area contributed by atoms with E-state index in [1.54, 1.807) is 0 Å². The van der Waals surface area contributed by atoms with Crippen LogP contribution < -0.4 is 0 Å². The van der Waals surface area contributed by atoms with Gasteiger partial charge in [-0.1, -0.05) is 15.9 Å². The molecule has 3 N–H and O–H groups in total. The number of nitrogens with zero attached hydrogens (tertiary/aromatic N) is 2. The normalized spacial score (nSPS) is 14.6. The van der Waals surface area contributed by atoms with Crippen LogP contribution in [0.5, 0.6) is 0 Å². The number of fused-ring (bicyclic) bond motifs is 1. The molecule has 0 aliphatic carbocycles. The molecule has 2 atom stereocenters. The number of alkyl halides is 1. The van der Waals surface area contributed by atoms with E-state index in [0.29, 0.717) is 16.6 Å². The minimum Gasteiger partial charge on any atom is -0.389 e. The van der Waals surface area contributed by atoms with E-state index in [2.05, 4.69) is 25.9 Å². The zero-order chi connectivity index (χ0) is 13.3. The molecule has 0 fully saturated rings. The number of aliphatic hydroxyl groups is 2. The van der Waals surface area contributed by atoms with E-state index in [4.69, 9.17) is 0 Å². The molecule has 0 aromatic carbocycles. The first-order valence-electron chi connectivity index (χ1n) is 5.08. The summed E-state index contributed by atoms with van der Waals surface area (Å²) in [6.07, 6.45) is 0.478. The second kappa shape index (κ2) is 5.01. The number of pyridine rings is 1. The zero-order valence-electron chi connectivity index (χ0n) is 9.08. The van der Waals surface area contributed by atoms with Gasteiger partial charge in [-0.3, -0.25) is 10.1 Å². The van der Waals surface area contributed by atoms with Crippen LogP contribution in [0.4, 0.5) is 5.69 Å². The summed E-state index contributed by atoms with van der Waals surface area (Å²) in [5.41, 5.74) is 0.586. The minimum atomic E-state index is -1.14. The molecule has 2 aromatic rings. The molecule has 0 saturated heterocycles. The maximum Gasteiger partial charge on any atom is 0.296 e. The summed E-state index contributed by atoms with van der Waals surface area (Å²) < 4.78 is 0. The van der Waals surface area contributed by atoms with Gasteiger partial charge in [0.15, 0.2) is 0 Å². The van der Waals surface area contributed by atoms with E-state index >= 15 is 0 Å². The van der Waals surface area contributed by atoms with E-state index in [1.165, 1.54) is 18.5 Å². The van der Waals surface area contributed by atoms with E-state index in [-0.39, 0.29) is 11.0 Å². The number of aromatic nitrogens is 2. The van der Waals surface area contributed by atoms with Gasteiger partial charge < -0.3 is 15.2 Å². The molecule has 0 aliphatic heterocycles. The smallest absolute Gasteiger partial charge is 0.296 e. The van der Waals surface area contributed by atoms with Gasteiger partial charge in [0.2, 0.25) is 0 Å². The Morgan fingerprint density at radius 1 is 1.56 bits per heavy atom. The van der Waals surface area contributed by atoms with Gasteiger partial charge in [-0.15, -0.1) is 0 Å². The molecular weight excluding hydrogens is 306 g/mol. The van der Waals surface area contributed by atoms with Gasteiger partial charge in [-0.05, 0) is 6.07 Å². The largest absolute Gasteiger partial charge is 0.389 e. The average molecular weight is 316 g/mol. The first kappa shape index (κ1) is 12.9. The summed E-state index contributed by atoms with van der Waals surface area (Å²) in [5, 5.41) is 30.6. The summed E-state index contributed by atoms with van der Waals surface area (Å²) in [6.45, 7) is 0. The molecule has 2 aromatic heterocycles. The number of hydrogen-bond donors (Lipinski definition) is 3. The van der Waals surface area contributed by atoms with Crippen LogP contribution in [0.15, 0.2) is 18.5 Å². The molecule has 0 aliphatic rings. The molecule has 2 heterocycles. The van der Waals surface area contributed by atoms with Crippen LogP contribution in [0.2, 0.25) is 0 Å². The number of rotatable bonds is 4. The van der Waals surface area contributed by atoms with Crippen molar-refractivity contribution in [1.82, 2.24) is 9.97 Å². The van der Waals surface area contributed by atoms with Gasteiger partial charge in [0.1, 0.15) is 11.8 Å². The lowest BCUT2D eigenvalue weighted by atomic mass is 10.1. The predicted molar refractivity (Wildman–Crippen MR) is 67.5 cm³/mol. The maximum absolute atomic E-state index is 10.8. The number of hydrogen-bond acceptors (Lipinski definition) is 5. The molecule has 0 saturated carbocycles. The van der Waals surface area contributed by atoms with Crippen LogP contribution >= 0.6 is 15.9 Å². The quantitative estimate of drug-likeness (QED) is 0.446. The fourth-order valence-electron chi connectivity index (χ4n) is 1.62. The van der Waals surface area contributed by atoms with Gasteiger partial charge in [0.05, 0.1) is 22.6 Å². The minimum absolute atomic E-state index is 0.111. The van der Waals surface area contributed by atoms with Crippen molar-refractivity contribution in [3.8, 4) is 0 Å². The molecule has 0 amide bonds. The SMILES string of the molecule is O=[N+]([O-])c1c[nH]c2ncc(C(O)C(O)CBr)cc12. The topological polar surface area (TPSA) is 112 Å². The fraction of sp³-hybridized carbons (Fsp3) is 0.300. The highest BCUT2D eigenvalue weighted by Gasteiger charge is 2.21.